The van der Waals surface area contributed by atoms with Crippen molar-refractivity contribution in [1.82, 2.24) is 14.9 Å². The Morgan fingerprint density at radius 2 is 2.25 bits per heavy atom. The Bertz CT molecular complexity index is 667. The van der Waals surface area contributed by atoms with E-state index in [0.717, 1.165) is 6.07 Å². The maximum atomic E-state index is 12.9. The molecule has 0 bridgehead atoms. The Morgan fingerprint density at radius 3 is 2.90 bits per heavy atom. The number of nitrogens with zero attached hydrogens (tertiary/aromatic N) is 1. The van der Waals surface area contributed by atoms with E-state index in [1.807, 2.05) is 0 Å². The van der Waals surface area contributed by atoms with Crippen LogP contribution in [-0.4, -0.2) is 22.1 Å². The molecule has 2 amide bonds. The van der Waals surface area contributed by atoms with Crippen LogP contribution >= 0.6 is 11.6 Å². The first-order chi connectivity index (χ1) is 9.56. The number of hydrogen-bond donors (Lipinski definition) is 3. The standard InChI is InChI=1S/C12H12ClFN4O2/c13-9-7-8(1-2-10(9)14)17-11(19)15-3-5-18-6-4-16-12(18)20/h1-2,4,6-7H,3,5H2,(H,16,20)(H2,15,17,19). The van der Waals surface area contributed by atoms with Gasteiger partial charge in [0.2, 0.25) is 0 Å². The molecular weight excluding hydrogens is 287 g/mol. The van der Waals surface area contributed by atoms with Crippen molar-refractivity contribution in [3.63, 3.8) is 0 Å². The number of urea groups is 1. The first kappa shape index (κ1) is 14.1. The minimum absolute atomic E-state index is 0.0679. The molecule has 1 aromatic heterocycles. The van der Waals surface area contributed by atoms with Crippen molar-refractivity contribution in [3.05, 3.63) is 51.9 Å². The predicted molar refractivity (Wildman–Crippen MR) is 73.5 cm³/mol. The van der Waals surface area contributed by atoms with Gasteiger partial charge in [-0.15, -0.1) is 0 Å². The fraction of sp³-hybridized carbons (Fsp3) is 0.167. The average molecular weight is 299 g/mol. The van der Waals surface area contributed by atoms with E-state index < -0.39 is 11.8 Å². The summed E-state index contributed by atoms with van der Waals surface area (Å²) >= 11 is 5.60. The van der Waals surface area contributed by atoms with Gasteiger partial charge in [0, 0.05) is 31.2 Å². The molecule has 2 rings (SSSR count). The van der Waals surface area contributed by atoms with Gasteiger partial charge in [-0.2, -0.15) is 0 Å². The van der Waals surface area contributed by atoms with E-state index in [2.05, 4.69) is 15.6 Å². The maximum absolute atomic E-state index is 12.9. The Kier molecular flexibility index (Phi) is 4.41. The summed E-state index contributed by atoms with van der Waals surface area (Å²) in [6.45, 7) is 0.623. The molecule has 8 heteroatoms. The number of rotatable bonds is 4. The highest BCUT2D eigenvalue weighted by atomic mass is 35.5. The number of carbonyl (C=O) groups is 1. The quantitative estimate of drug-likeness (QED) is 0.804. The van der Waals surface area contributed by atoms with Crippen LogP contribution in [-0.2, 0) is 6.54 Å². The van der Waals surface area contributed by atoms with Gasteiger partial charge >= 0.3 is 11.7 Å². The molecule has 20 heavy (non-hydrogen) atoms. The first-order valence-corrected chi connectivity index (χ1v) is 6.18. The highest BCUT2D eigenvalue weighted by molar-refractivity contribution is 6.31. The van der Waals surface area contributed by atoms with Gasteiger partial charge in [0.15, 0.2) is 0 Å². The second-order valence-corrected chi connectivity index (χ2v) is 4.38. The number of anilines is 1. The van der Waals surface area contributed by atoms with Crippen LogP contribution in [0.5, 0.6) is 0 Å². The number of halogens is 2. The lowest BCUT2D eigenvalue weighted by Crippen LogP contribution is -2.33. The number of hydrogen-bond acceptors (Lipinski definition) is 2. The molecule has 2 aromatic rings. The van der Waals surface area contributed by atoms with Crippen LogP contribution in [0.1, 0.15) is 0 Å². The van der Waals surface area contributed by atoms with E-state index in [1.165, 1.54) is 22.9 Å². The number of aromatic nitrogens is 2. The minimum atomic E-state index is -0.551. The van der Waals surface area contributed by atoms with E-state index >= 15 is 0 Å². The van der Waals surface area contributed by atoms with Crippen LogP contribution in [0.3, 0.4) is 0 Å². The number of carbonyl (C=O) groups excluding carboxylic acids is 1. The molecule has 6 nitrogen and oxygen atoms in total. The van der Waals surface area contributed by atoms with Crippen LogP contribution in [0, 0.1) is 5.82 Å². The summed E-state index contributed by atoms with van der Waals surface area (Å²) in [6.07, 6.45) is 3.10. The Morgan fingerprint density at radius 1 is 1.45 bits per heavy atom. The third-order valence-corrected chi connectivity index (χ3v) is 2.83. The highest BCUT2D eigenvalue weighted by Crippen LogP contribution is 2.19. The fourth-order valence-corrected chi connectivity index (χ4v) is 1.74. The van der Waals surface area contributed by atoms with E-state index in [1.54, 1.807) is 6.20 Å². The van der Waals surface area contributed by atoms with Gasteiger partial charge in [-0.25, -0.2) is 14.0 Å². The smallest absolute Gasteiger partial charge is 0.325 e. The molecule has 0 atom stereocenters. The third-order valence-electron chi connectivity index (χ3n) is 2.54. The lowest BCUT2D eigenvalue weighted by molar-refractivity contribution is 0.251. The SMILES string of the molecule is O=C(NCCn1cc[nH]c1=O)Nc1ccc(F)c(Cl)c1. The van der Waals surface area contributed by atoms with Gasteiger partial charge in [-0.3, -0.25) is 4.57 Å². The monoisotopic (exact) mass is 298 g/mol. The summed E-state index contributed by atoms with van der Waals surface area (Å²) in [5, 5.41) is 5.01. The topological polar surface area (TPSA) is 78.9 Å². The van der Waals surface area contributed by atoms with E-state index in [9.17, 15) is 14.0 Å². The summed E-state index contributed by atoms with van der Waals surface area (Å²) in [5.74, 6) is -0.551. The Balaban J connectivity index is 1.82. The molecule has 1 heterocycles. The lowest BCUT2D eigenvalue weighted by atomic mass is 10.3. The largest absolute Gasteiger partial charge is 0.336 e. The van der Waals surface area contributed by atoms with Crippen molar-refractivity contribution in [1.29, 1.82) is 0 Å². The number of benzene rings is 1. The predicted octanol–water partition coefficient (Wildman–Crippen LogP) is 1.79. The number of imidazole rings is 1. The second-order valence-electron chi connectivity index (χ2n) is 3.97. The molecule has 106 valence electrons. The molecule has 0 aliphatic carbocycles. The van der Waals surface area contributed by atoms with E-state index in [-0.39, 0.29) is 17.3 Å². The molecule has 3 N–H and O–H groups in total. The molecule has 1 aromatic carbocycles. The summed E-state index contributed by atoms with van der Waals surface area (Å²) in [7, 11) is 0. The third kappa shape index (κ3) is 3.61. The molecule has 0 aliphatic rings. The van der Waals surface area contributed by atoms with E-state index in [0.29, 0.717) is 12.2 Å². The van der Waals surface area contributed by atoms with Gasteiger partial charge in [0.1, 0.15) is 5.82 Å². The van der Waals surface area contributed by atoms with Crippen LogP contribution in [0.2, 0.25) is 5.02 Å². The van der Waals surface area contributed by atoms with Crippen LogP contribution in [0.4, 0.5) is 14.9 Å². The van der Waals surface area contributed by atoms with Gasteiger partial charge in [0.05, 0.1) is 5.02 Å². The summed E-state index contributed by atoms with van der Waals surface area (Å²) in [6, 6.07) is 3.42. The molecule has 0 fully saturated rings. The lowest BCUT2D eigenvalue weighted by Gasteiger charge is -2.08. The normalized spacial score (nSPS) is 10.3. The van der Waals surface area contributed by atoms with Crippen LogP contribution in [0.15, 0.2) is 35.4 Å². The van der Waals surface area contributed by atoms with E-state index in [4.69, 9.17) is 11.6 Å². The molecule has 0 aliphatic heterocycles. The molecule has 0 spiro atoms. The van der Waals surface area contributed by atoms with Gasteiger partial charge in [0.25, 0.3) is 0 Å². The first-order valence-electron chi connectivity index (χ1n) is 5.80. The number of H-pyrrole nitrogens is 1. The van der Waals surface area contributed by atoms with Crippen molar-refractivity contribution in [2.24, 2.45) is 0 Å². The Hall–Kier alpha value is -2.28. The van der Waals surface area contributed by atoms with Crippen molar-refractivity contribution >= 4 is 23.3 Å². The number of nitrogens with one attached hydrogen (secondary N) is 3. The molecule has 0 unspecified atom stereocenters. The molecule has 0 radical (unpaired) electrons. The van der Waals surface area contributed by atoms with Gasteiger partial charge in [-0.05, 0) is 18.2 Å². The average Bonchev–Trinajstić information content (AvgIpc) is 2.80. The van der Waals surface area contributed by atoms with Crippen LogP contribution < -0.4 is 16.3 Å². The zero-order valence-electron chi connectivity index (χ0n) is 10.3. The zero-order valence-corrected chi connectivity index (χ0v) is 11.1. The van der Waals surface area contributed by atoms with Crippen molar-refractivity contribution in [2.75, 3.05) is 11.9 Å². The number of aromatic amines is 1. The van der Waals surface area contributed by atoms with Gasteiger partial charge < -0.3 is 15.6 Å². The fourth-order valence-electron chi connectivity index (χ4n) is 1.56. The Labute approximate surface area is 118 Å². The summed E-state index contributed by atoms with van der Waals surface area (Å²) in [5.41, 5.74) is 0.144. The van der Waals surface area contributed by atoms with Gasteiger partial charge in [-0.1, -0.05) is 11.6 Å². The highest BCUT2D eigenvalue weighted by Gasteiger charge is 2.04. The number of amides is 2. The second kappa shape index (κ2) is 6.25. The van der Waals surface area contributed by atoms with Crippen molar-refractivity contribution < 1.29 is 9.18 Å². The minimum Gasteiger partial charge on any atom is -0.336 e. The molecule has 0 saturated heterocycles. The van der Waals surface area contributed by atoms with Crippen LogP contribution in [0.25, 0.3) is 0 Å². The summed E-state index contributed by atoms with van der Waals surface area (Å²) < 4.78 is 14.4. The van der Waals surface area contributed by atoms with Crippen molar-refractivity contribution in [2.45, 2.75) is 6.54 Å². The maximum Gasteiger partial charge on any atom is 0.325 e. The molecular formula is C12H12ClFN4O2. The zero-order chi connectivity index (χ0) is 14.5. The van der Waals surface area contributed by atoms with Crippen molar-refractivity contribution in [3.8, 4) is 0 Å². The molecule has 0 saturated carbocycles. The summed E-state index contributed by atoms with van der Waals surface area (Å²) in [4.78, 5) is 25.2.